The Morgan fingerprint density at radius 3 is 1.61 bits per heavy atom. The minimum Gasteiger partial charge on any atom is -0.0882 e. The first-order valence-corrected chi connectivity index (χ1v) is 9.86. The molecule has 0 aromatic heterocycles. The molecule has 0 aromatic carbocycles. The lowest BCUT2D eigenvalue weighted by Gasteiger charge is -2.17. The Hall–Kier alpha value is -0.520. The summed E-state index contributed by atoms with van der Waals surface area (Å²) in [4.78, 5) is 0. The Kier molecular flexibility index (Phi) is 19.2. The van der Waals surface area contributed by atoms with Gasteiger partial charge in [0, 0.05) is 0 Å². The topological polar surface area (TPSA) is 0 Å². The van der Waals surface area contributed by atoms with E-state index in [1.165, 1.54) is 77.0 Å². The summed E-state index contributed by atoms with van der Waals surface area (Å²) in [6.07, 6.45) is 26.9. The van der Waals surface area contributed by atoms with Gasteiger partial charge in [0.2, 0.25) is 0 Å². The Balaban J connectivity index is 0. The molecule has 23 heavy (non-hydrogen) atoms. The van der Waals surface area contributed by atoms with Gasteiger partial charge in [0.05, 0.1) is 0 Å². The highest BCUT2D eigenvalue weighted by Gasteiger charge is 2.08. The molecule has 0 aromatic rings. The number of hydrogen-bond donors (Lipinski definition) is 0. The third-order valence-electron chi connectivity index (χ3n) is 4.13. The largest absolute Gasteiger partial charge is 0.0882 e. The Labute approximate surface area is 148 Å². The van der Waals surface area contributed by atoms with Gasteiger partial charge in [-0.2, -0.15) is 0 Å². The number of allylic oxidation sites excluding steroid dienone is 4. The van der Waals surface area contributed by atoms with Crippen molar-refractivity contribution in [1.29, 1.82) is 0 Å². The maximum Gasteiger partial charge on any atom is -0.0169 e. The van der Waals surface area contributed by atoms with Crippen LogP contribution in [0.2, 0.25) is 0 Å². The van der Waals surface area contributed by atoms with E-state index in [0.717, 1.165) is 6.42 Å². The summed E-state index contributed by atoms with van der Waals surface area (Å²) >= 11 is 0. The number of rotatable bonds is 14. The van der Waals surface area contributed by atoms with Gasteiger partial charge < -0.3 is 0 Å². The second kappa shape index (κ2) is 17.8. The maximum absolute atomic E-state index is 2.37. The van der Waals surface area contributed by atoms with Crippen molar-refractivity contribution in [3.8, 4) is 0 Å². The van der Waals surface area contributed by atoms with Crippen LogP contribution in [-0.4, -0.2) is 0 Å². The predicted octanol–water partition coefficient (Wildman–Crippen LogP) is 8.87. The molecule has 0 heterocycles. The van der Waals surface area contributed by atoms with Gasteiger partial charge in [-0.15, -0.1) is 0 Å². The SMILES string of the molecule is C.CCCCC/C=C/C/C=C/CCCCCCCCC(C)(C)C. The molecule has 0 spiro atoms. The average Bonchev–Trinajstić information content (AvgIpc) is 2.45. The van der Waals surface area contributed by atoms with Crippen LogP contribution >= 0.6 is 0 Å². The van der Waals surface area contributed by atoms with Crippen LogP contribution in [0.5, 0.6) is 0 Å². The Morgan fingerprint density at radius 1 is 0.609 bits per heavy atom. The lowest BCUT2D eigenvalue weighted by atomic mass is 9.89. The summed E-state index contributed by atoms with van der Waals surface area (Å²) < 4.78 is 0. The highest BCUT2D eigenvalue weighted by molar-refractivity contribution is 4.92. The van der Waals surface area contributed by atoms with Crippen LogP contribution in [0.1, 0.15) is 119 Å². The van der Waals surface area contributed by atoms with E-state index in [1.807, 2.05) is 0 Å². The van der Waals surface area contributed by atoms with E-state index in [9.17, 15) is 0 Å². The summed E-state index contributed by atoms with van der Waals surface area (Å²) in [5.41, 5.74) is 0.523. The molecule has 0 fully saturated rings. The van der Waals surface area contributed by atoms with Crippen molar-refractivity contribution in [2.45, 2.75) is 119 Å². The van der Waals surface area contributed by atoms with Gasteiger partial charge in [-0.1, -0.05) is 104 Å². The molecule has 0 amide bonds. The van der Waals surface area contributed by atoms with Gasteiger partial charge >= 0.3 is 0 Å². The lowest BCUT2D eigenvalue weighted by molar-refractivity contribution is 0.356. The second-order valence-electron chi connectivity index (χ2n) is 7.89. The summed E-state index contributed by atoms with van der Waals surface area (Å²) in [7, 11) is 0. The molecule has 0 radical (unpaired) electrons. The van der Waals surface area contributed by atoms with Gasteiger partial charge in [-0.25, -0.2) is 0 Å². The molecule has 0 unspecified atom stereocenters. The predicted molar refractivity (Wildman–Crippen MR) is 110 cm³/mol. The first-order valence-electron chi connectivity index (χ1n) is 9.86. The molecule has 0 nitrogen and oxygen atoms in total. The van der Waals surface area contributed by atoms with E-state index in [0.29, 0.717) is 5.41 Å². The van der Waals surface area contributed by atoms with Gasteiger partial charge in [0.25, 0.3) is 0 Å². The smallest absolute Gasteiger partial charge is 0.0169 e. The van der Waals surface area contributed by atoms with Gasteiger partial charge in [-0.05, 0) is 43.9 Å². The van der Waals surface area contributed by atoms with E-state index in [2.05, 4.69) is 52.0 Å². The molecule has 0 N–H and O–H groups in total. The molecule has 0 aliphatic rings. The quantitative estimate of drug-likeness (QED) is 0.221. The van der Waals surface area contributed by atoms with E-state index in [4.69, 9.17) is 0 Å². The minimum atomic E-state index is 0. The van der Waals surface area contributed by atoms with Crippen molar-refractivity contribution in [2.75, 3.05) is 0 Å². The van der Waals surface area contributed by atoms with E-state index >= 15 is 0 Å². The third-order valence-corrected chi connectivity index (χ3v) is 4.13. The van der Waals surface area contributed by atoms with Crippen LogP contribution < -0.4 is 0 Å². The molecule has 0 bridgehead atoms. The fourth-order valence-electron chi connectivity index (χ4n) is 2.64. The molecule has 0 saturated heterocycles. The van der Waals surface area contributed by atoms with Crippen LogP contribution in [0.3, 0.4) is 0 Å². The zero-order chi connectivity index (χ0) is 16.5. The normalized spacial score (nSPS) is 12.2. The summed E-state index contributed by atoms with van der Waals surface area (Å²) in [5.74, 6) is 0. The van der Waals surface area contributed by atoms with Gasteiger partial charge in [0.1, 0.15) is 0 Å². The van der Waals surface area contributed by atoms with Crippen LogP contribution in [0.25, 0.3) is 0 Å². The van der Waals surface area contributed by atoms with Gasteiger partial charge in [-0.3, -0.25) is 0 Å². The van der Waals surface area contributed by atoms with Gasteiger partial charge in [0.15, 0.2) is 0 Å². The highest BCUT2D eigenvalue weighted by atomic mass is 14.1. The molecule has 0 aliphatic carbocycles. The van der Waals surface area contributed by atoms with Crippen LogP contribution in [-0.2, 0) is 0 Å². The van der Waals surface area contributed by atoms with Crippen LogP contribution in [0.15, 0.2) is 24.3 Å². The lowest BCUT2D eigenvalue weighted by Crippen LogP contribution is -2.03. The fourth-order valence-corrected chi connectivity index (χ4v) is 2.64. The van der Waals surface area contributed by atoms with Crippen LogP contribution in [0, 0.1) is 5.41 Å². The average molecular weight is 323 g/mol. The Morgan fingerprint density at radius 2 is 1.09 bits per heavy atom. The van der Waals surface area contributed by atoms with Crippen molar-refractivity contribution in [3.63, 3.8) is 0 Å². The zero-order valence-electron chi connectivity index (χ0n) is 16.0. The molecule has 0 heteroatoms. The van der Waals surface area contributed by atoms with Crippen molar-refractivity contribution in [2.24, 2.45) is 5.41 Å². The van der Waals surface area contributed by atoms with E-state index < -0.39 is 0 Å². The molecular weight excluding hydrogens is 276 g/mol. The monoisotopic (exact) mass is 322 g/mol. The highest BCUT2D eigenvalue weighted by Crippen LogP contribution is 2.22. The molecule has 0 rings (SSSR count). The maximum atomic E-state index is 2.37. The fraction of sp³-hybridized carbons (Fsp3) is 0.826. The standard InChI is InChI=1S/C22H42.CH4/c1-5-6-7-8-9-10-11-12-13-14-15-16-17-18-19-20-21-22(2,3)4;/h9-10,12-13H,5-8,11,14-21H2,1-4H3;1H4/b10-9+,13-12+;. The van der Waals surface area contributed by atoms with Crippen molar-refractivity contribution in [3.05, 3.63) is 24.3 Å². The van der Waals surface area contributed by atoms with Crippen molar-refractivity contribution >= 4 is 0 Å². The van der Waals surface area contributed by atoms with Crippen LogP contribution in [0.4, 0.5) is 0 Å². The van der Waals surface area contributed by atoms with Crippen molar-refractivity contribution in [1.82, 2.24) is 0 Å². The second-order valence-corrected chi connectivity index (χ2v) is 7.89. The molecular formula is C23H46. The summed E-state index contributed by atoms with van der Waals surface area (Å²) in [6.45, 7) is 9.30. The zero-order valence-corrected chi connectivity index (χ0v) is 16.0. The van der Waals surface area contributed by atoms with Crippen molar-refractivity contribution < 1.29 is 0 Å². The third kappa shape index (κ3) is 23.9. The Bertz CT molecular complexity index is 264. The summed E-state index contributed by atoms with van der Waals surface area (Å²) in [5, 5.41) is 0. The summed E-state index contributed by atoms with van der Waals surface area (Å²) in [6, 6.07) is 0. The molecule has 0 atom stereocenters. The molecule has 138 valence electrons. The van der Waals surface area contributed by atoms with E-state index in [1.54, 1.807) is 0 Å². The van der Waals surface area contributed by atoms with E-state index in [-0.39, 0.29) is 7.43 Å². The first-order chi connectivity index (χ1) is 10.6. The number of hydrogen-bond acceptors (Lipinski definition) is 0. The number of unbranched alkanes of at least 4 members (excludes halogenated alkanes) is 9. The molecule has 0 aliphatic heterocycles. The molecule has 0 saturated carbocycles. The first kappa shape index (κ1) is 24.7. The minimum absolute atomic E-state index is 0.